The van der Waals surface area contributed by atoms with E-state index in [9.17, 15) is 4.79 Å². The number of anilines is 1. The van der Waals surface area contributed by atoms with Gasteiger partial charge in [0.2, 0.25) is 0 Å². The van der Waals surface area contributed by atoms with Crippen LogP contribution < -0.4 is 19.9 Å². The molecule has 34 heavy (non-hydrogen) atoms. The summed E-state index contributed by atoms with van der Waals surface area (Å²) in [6.07, 6.45) is 2.12. The molecule has 9 heteroatoms. The van der Waals surface area contributed by atoms with E-state index in [-0.39, 0.29) is 22.9 Å². The number of carbonyl (C=O) groups is 1. The van der Waals surface area contributed by atoms with E-state index in [0.717, 1.165) is 19.3 Å². The van der Waals surface area contributed by atoms with Gasteiger partial charge in [0, 0.05) is 11.3 Å². The van der Waals surface area contributed by atoms with Crippen molar-refractivity contribution in [2.24, 2.45) is 0 Å². The number of hydrogen-bond acceptors (Lipinski definition) is 8. The molecule has 1 aliphatic heterocycles. The second-order valence-corrected chi connectivity index (χ2v) is 7.84. The summed E-state index contributed by atoms with van der Waals surface area (Å²) in [4.78, 5) is 13.3. The average Bonchev–Trinajstić information content (AvgIpc) is 3.55. The van der Waals surface area contributed by atoms with E-state index in [4.69, 9.17) is 19.9 Å². The molecule has 4 aromatic rings. The lowest BCUT2D eigenvalue weighted by Crippen LogP contribution is -2.11. The highest BCUT2D eigenvalue weighted by molar-refractivity contribution is 6.14. The van der Waals surface area contributed by atoms with Gasteiger partial charge in [-0.25, -0.2) is 0 Å². The van der Waals surface area contributed by atoms with Gasteiger partial charge in [-0.3, -0.25) is 4.79 Å². The number of rotatable bonds is 9. The SMILES string of the molecule is Nc1ccc2c(c1C(=O)c1ccc(OCCCCc3ccccc3)cc1)OC(c1nn[nH]n1)O2. The predicted octanol–water partition coefficient (Wildman–Crippen LogP) is 3.88. The number of aromatic amines is 1. The molecule has 0 fully saturated rings. The lowest BCUT2D eigenvalue weighted by molar-refractivity contribution is 0.0401. The molecule has 0 spiro atoms. The van der Waals surface area contributed by atoms with E-state index in [1.54, 1.807) is 36.4 Å². The van der Waals surface area contributed by atoms with Gasteiger partial charge >= 0.3 is 6.29 Å². The molecule has 0 bridgehead atoms. The summed E-state index contributed by atoms with van der Waals surface area (Å²) in [6.45, 7) is 0.613. The Morgan fingerprint density at radius 3 is 2.59 bits per heavy atom. The monoisotopic (exact) mass is 457 g/mol. The Morgan fingerprint density at radius 1 is 1.00 bits per heavy atom. The third-order valence-electron chi connectivity index (χ3n) is 5.50. The highest BCUT2D eigenvalue weighted by Crippen LogP contribution is 2.45. The van der Waals surface area contributed by atoms with E-state index in [1.807, 2.05) is 6.07 Å². The molecule has 2 heterocycles. The number of ether oxygens (including phenoxy) is 3. The minimum absolute atomic E-state index is 0.221. The highest BCUT2D eigenvalue weighted by atomic mass is 16.7. The van der Waals surface area contributed by atoms with Crippen molar-refractivity contribution >= 4 is 11.5 Å². The first-order valence-electron chi connectivity index (χ1n) is 11.0. The number of carbonyl (C=O) groups excluding carboxylic acids is 1. The lowest BCUT2D eigenvalue weighted by Gasteiger charge is -2.10. The minimum atomic E-state index is -0.903. The molecule has 0 saturated heterocycles. The number of aromatic nitrogens is 4. The van der Waals surface area contributed by atoms with Crippen molar-refractivity contribution in [3.63, 3.8) is 0 Å². The van der Waals surface area contributed by atoms with Crippen LogP contribution in [0.5, 0.6) is 17.2 Å². The van der Waals surface area contributed by atoms with Crippen LogP contribution in [0.25, 0.3) is 0 Å². The quantitative estimate of drug-likeness (QED) is 0.220. The van der Waals surface area contributed by atoms with Crippen LogP contribution in [-0.4, -0.2) is 33.0 Å². The number of hydrogen-bond donors (Lipinski definition) is 2. The maximum atomic E-state index is 13.3. The van der Waals surface area contributed by atoms with Crippen molar-refractivity contribution in [2.45, 2.75) is 25.6 Å². The summed E-state index contributed by atoms with van der Waals surface area (Å²) in [7, 11) is 0. The van der Waals surface area contributed by atoms with Crippen LogP contribution in [0.15, 0.2) is 66.7 Å². The van der Waals surface area contributed by atoms with Crippen LogP contribution in [0.4, 0.5) is 5.69 Å². The summed E-state index contributed by atoms with van der Waals surface area (Å²) in [5.74, 6) is 1.31. The molecule has 1 aliphatic rings. The minimum Gasteiger partial charge on any atom is -0.494 e. The van der Waals surface area contributed by atoms with Gasteiger partial charge < -0.3 is 19.9 Å². The van der Waals surface area contributed by atoms with Gasteiger partial charge in [-0.2, -0.15) is 5.21 Å². The van der Waals surface area contributed by atoms with Crippen molar-refractivity contribution in [3.05, 3.63) is 89.2 Å². The van der Waals surface area contributed by atoms with Gasteiger partial charge in [0.05, 0.1) is 12.2 Å². The molecule has 1 aromatic heterocycles. The van der Waals surface area contributed by atoms with Crippen LogP contribution in [0.3, 0.4) is 0 Å². The van der Waals surface area contributed by atoms with E-state index in [1.165, 1.54) is 5.56 Å². The Kier molecular flexibility index (Phi) is 6.07. The van der Waals surface area contributed by atoms with Gasteiger partial charge in [0.25, 0.3) is 5.82 Å². The number of unbranched alkanes of at least 4 members (excludes halogenated alkanes) is 1. The maximum Gasteiger partial charge on any atom is 0.306 e. The number of fused-ring (bicyclic) bond motifs is 1. The van der Waals surface area contributed by atoms with Crippen molar-refractivity contribution in [1.29, 1.82) is 0 Å². The molecule has 9 nitrogen and oxygen atoms in total. The summed E-state index contributed by atoms with van der Waals surface area (Å²) in [5.41, 5.74) is 8.45. The smallest absolute Gasteiger partial charge is 0.306 e. The Bertz CT molecular complexity index is 1260. The Morgan fingerprint density at radius 2 is 1.82 bits per heavy atom. The fourth-order valence-corrected chi connectivity index (χ4v) is 3.76. The van der Waals surface area contributed by atoms with Gasteiger partial charge in [-0.05, 0) is 66.4 Å². The molecule has 0 aliphatic carbocycles. The van der Waals surface area contributed by atoms with Gasteiger partial charge in [-0.15, -0.1) is 10.2 Å². The summed E-state index contributed by atoms with van der Waals surface area (Å²) in [5, 5.41) is 13.6. The second-order valence-electron chi connectivity index (χ2n) is 7.84. The van der Waals surface area contributed by atoms with Crippen LogP contribution >= 0.6 is 0 Å². The largest absolute Gasteiger partial charge is 0.494 e. The Labute approximate surface area is 195 Å². The van der Waals surface area contributed by atoms with E-state index < -0.39 is 6.29 Å². The normalized spacial score (nSPS) is 14.2. The van der Waals surface area contributed by atoms with Crippen molar-refractivity contribution in [3.8, 4) is 17.2 Å². The van der Waals surface area contributed by atoms with Crippen molar-refractivity contribution in [1.82, 2.24) is 20.6 Å². The van der Waals surface area contributed by atoms with Crippen LogP contribution in [0.2, 0.25) is 0 Å². The first kappa shape index (κ1) is 21.4. The molecule has 3 N–H and O–H groups in total. The standard InChI is InChI=1S/C25H23N5O4/c26-19-13-14-20-23(34-25(33-20)24-27-29-30-28-24)21(19)22(31)17-9-11-18(12-10-17)32-15-5-4-8-16-6-2-1-3-7-16/h1-3,6-7,9-14,25H,4-5,8,15,26H2,(H,27,28,29,30). The molecule has 172 valence electrons. The molecule has 0 saturated carbocycles. The Balaban J connectivity index is 1.21. The molecule has 3 aromatic carbocycles. The lowest BCUT2D eigenvalue weighted by atomic mass is 10.00. The number of ketones is 1. The fourth-order valence-electron chi connectivity index (χ4n) is 3.76. The third kappa shape index (κ3) is 4.54. The number of tetrazole rings is 1. The van der Waals surface area contributed by atoms with Gasteiger partial charge in [0.15, 0.2) is 17.3 Å². The van der Waals surface area contributed by atoms with Gasteiger partial charge in [0.1, 0.15) is 5.75 Å². The molecule has 0 amide bonds. The van der Waals surface area contributed by atoms with Crippen molar-refractivity contribution in [2.75, 3.05) is 12.3 Å². The van der Waals surface area contributed by atoms with E-state index >= 15 is 0 Å². The molecular formula is C25H23N5O4. The van der Waals surface area contributed by atoms with Gasteiger partial charge in [-0.1, -0.05) is 30.3 Å². The zero-order chi connectivity index (χ0) is 23.3. The van der Waals surface area contributed by atoms with Crippen LogP contribution in [0, 0.1) is 0 Å². The number of benzene rings is 3. The summed E-state index contributed by atoms with van der Waals surface area (Å²) < 4.78 is 17.3. The molecule has 0 radical (unpaired) electrons. The third-order valence-corrected chi connectivity index (χ3v) is 5.50. The van der Waals surface area contributed by atoms with E-state index in [0.29, 0.717) is 29.4 Å². The molecule has 1 atom stereocenters. The number of nitrogens with zero attached hydrogens (tertiary/aromatic N) is 3. The number of nitrogen functional groups attached to an aromatic ring is 1. The average molecular weight is 457 g/mol. The van der Waals surface area contributed by atoms with E-state index in [2.05, 4.69) is 44.9 Å². The molecular weight excluding hydrogens is 434 g/mol. The topological polar surface area (TPSA) is 125 Å². The molecule has 5 rings (SSSR count). The first-order chi connectivity index (χ1) is 16.7. The van der Waals surface area contributed by atoms with Crippen LogP contribution in [-0.2, 0) is 6.42 Å². The highest BCUT2D eigenvalue weighted by Gasteiger charge is 2.34. The summed E-state index contributed by atoms with van der Waals surface area (Å²) >= 11 is 0. The second kappa shape index (κ2) is 9.62. The maximum absolute atomic E-state index is 13.3. The zero-order valence-corrected chi connectivity index (χ0v) is 18.3. The predicted molar refractivity (Wildman–Crippen MR) is 124 cm³/mol. The number of H-pyrrole nitrogens is 1. The number of aryl methyl sites for hydroxylation is 1. The number of nitrogens with one attached hydrogen (secondary N) is 1. The fraction of sp³-hybridized carbons (Fsp3) is 0.200. The van der Waals surface area contributed by atoms with Crippen LogP contribution in [0.1, 0.15) is 46.4 Å². The molecule has 1 unspecified atom stereocenters. The Hall–Kier alpha value is -4.40. The number of nitrogens with two attached hydrogens (primary N) is 1. The zero-order valence-electron chi connectivity index (χ0n) is 18.3. The van der Waals surface area contributed by atoms with Crippen molar-refractivity contribution < 1.29 is 19.0 Å². The first-order valence-corrected chi connectivity index (χ1v) is 11.0. The summed E-state index contributed by atoms with van der Waals surface area (Å²) in [6, 6.07) is 20.6.